The summed E-state index contributed by atoms with van der Waals surface area (Å²) in [5.74, 6) is 8.44. The first-order valence-electron chi connectivity index (χ1n) is 9.12. The zero-order valence-corrected chi connectivity index (χ0v) is 15.7. The number of hydrogen-bond donors (Lipinski definition) is 2. The van der Waals surface area contributed by atoms with Gasteiger partial charge in [0.2, 0.25) is 5.91 Å². The molecule has 0 saturated heterocycles. The van der Waals surface area contributed by atoms with Crippen LogP contribution in [0.5, 0.6) is 5.75 Å². The van der Waals surface area contributed by atoms with Crippen LogP contribution in [0.2, 0.25) is 0 Å². The Morgan fingerprint density at radius 3 is 2.64 bits per heavy atom. The van der Waals surface area contributed by atoms with E-state index in [1.807, 2.05) is 37.4 Å². The van der Waals surface area contributed by atoms with Gasteiger partial charge in [0.15, 0.2) is 0 Å². The third-order valence-corrected chi connectivity index (χ3v) is 4.65. The summed E-state index contributed by atoms with van der Waals surface area (Å²) in [4.78, 5) is 20.9. The van der Waals surface area contributed by atoms with E-state index in [2.05, 4.69) is 32.4 Å². The van der Waals surface area contributed by atoms with Gasteiger partial charge in [-0.15, -0.1) is 0 Å². The van der Waals surface area contributed by atoms with E-state index < -0.39 is 0 Å². The maximum atomic E-state index is 12.1. The average molecular weight is 372 g/mol. The van der Waals surface area contributed by atoms with Crippen molar-refractivity contribution in [3.05, 3.63) is 53.9 Å². The molecule has 1 fully saturated rings. The molecular formula is C22H20N4O2. The number of carbonyl (C=O) groups is 1. The van der Waals surface area contributed by atoms with Gasteiger partial charge in [-0.2, -0.15) is 0 Å². The molecule has 140 valence electrons. The van der Waals surface area contributed by atoms with Gasteiger partial charge < -0.3 is 15.4 Å². The number of carbonyl (C=O) groups excluding carboxylic acids is 1. The summed E-state index contributed by atoms with van der Waals surface area (Å²) in [5, 5.41) is 7.69. The van der Waals surface area contributed by atoms with E-state index >= 15 is 0 Å². The fourth-order valence-corrected chi connectivity index (χ4v) is 2.96. The Morgan fingerprint density at radius 2 is 1.89 bits per heavy atom. The lowest BCUT2D eigenvalue weighted by Gasteiger charge is -2.09. The number of nitrogens with zero attached hydrogens (tertiary/aromatic N) is 2. The highest BCUT2D eigenvalue weighted by Gasteiger charge is 2.29. The summed E-state index contributed by atoms with van der Waals surface area (Å²) in [6, 6.07) is 9.46. The first-order valence-corrected chi connectivity index (χ1v) is 9.12. The van der Waals surface area contributed by atoms with Crippen LogP contribution >= 0.6 is 0 Å². The molecule has 28 heavy (non-hydrogen) atoms. The van der Waals surface area contributed by atoms with Gasteiger partial charge >= 0.3 is 0 Å². The number of pyridine rings is 2. The smallest absolute Gasteiger partial charge is 0.228 e. The minimum absolute atomic E-state index is 0.0244. The predicted molar refractivity (Wildman–Crippen MR) is 109 cm³/mol. The number of anilines is 2. The van der Waals surface area contributed by atoms with Crippen LogP contribution in [0.4, 0.5) is 11.6 Å². The molecule has 2 heterocycles. The third-order valence-electron chi connectivity index (χ3n) is 4.65. The van der Waals surface area contributed by atoms with E-state index in [9.17, 15) is 4.79 Å². The molecule has 1 amide bonds. The molecule has 6 heteroatoms. The fourth-order valence-electron chi connectivity index (χ4n) is 2.96. The molecule has 3 aromatic rings. The van der Waals surface area contributed by atoms with Gasteiger partial charge in [-0.05, 0) is 31.0 Å². The Kier molecular flexibility index (Phi) is 4.81. The van der Waals surface area contributed by atoms with Crippen LogP contribution in [0.25, 0.3) is 10.8 Å². The summed E-state index contributed by atoms with van der Waals surface area (Å²) in [7, 11) is 3.43. The SMILES string of the molecule is CNc1ncc(C#Cc2ccccc2OC)c2cc(NC(=O)C3CC3)ncc12. The van der Waals surface area contributed by atoms with Gasteiger partial charge in [0, 0.05) is 36.1 Å². The maximum Gasteiger partial charge on any atom is 0.228 e. The van der Waals surface area contributed by atoms with Crippen LogP contribution < -0.4 is 15.4 Å². The molecular weight excluding hydrogens is 352 g/mol. The lowest BCUT2D eigenvalue weighted by Crippen LogP contribution is -2.14. The lowest BCUT2D eigenvalue weighted by atomic mass is 10.1. The monoisotopic (exact) mass is 372 g/mol. The van der Waals surface area contributed by atoms with Gasteiger partial charge in [-0.1, -0.05) is 24.0 Å². The second-order valence-corrected chi connectivity index (χ2v) is 6.60. The maximum absolute atomic E-state index is 12.1. The summed E-state index contributed by atoms with van der Waals surface area (Å²) in [6.45, 7) is 0. The number of nitrogens with one attached hydrogen (secondary N) is 2. The number of hydrogen-bond acceptors (Lipinski definition) is 5. The molecule has 0 atom stereocenters. The molecule has 6 nitrogen and oxygen atoms in total. The summed E-state index contributed by atoms with van der Waals surface area (Å²) in [6.07, 6.45) is 5.33. The molecule has 1 aromatic carbocycles. The quantitative estimate of drug-likeness (QED) is 0.686. The summed E-state index contributed by atoms with van der Waals surface area (Å²) in [5.41, 5.74) is 1.55. The minimum Gasteiger partial charge on any atom is -0.495 e. The van der Waals surface area contributed by atoms with Gasteiger partial charge in [-0.25, -0.2) is 9.97 Å². The zero-order valence-electron chi connectivity index (χ0n) is 15.7. The number of para-hydroxylation sites is 1. The topological polar surface area (TPSA) is 76.1 Å². The van der Waals surface area contributed by atoms with Crippen molar-refractivity contribution in [3.8, 4) is 17.6 Å². The fraction of sp³-hybridized carbons (Fsp3) is 0.227. The van der Waals surface area contributed by atoms with Crippen molar-refractivity contribution in [3.63, 3.8) is 0 Å². The highest BCUT2D eigenvalue weighted by atomic mass is 16.5. The van der Waals surface area contributed by atoms with E-state index in [1.165, 1.54) is 0 Å². The Hall–Kier alpha value is -3.59. The Labute approximate surface area is 163 Å². The lowest BCUT2D eigenvalue weighted by molar-refractivity contribution is -0.117. The molecule has 0 bridgehead atoms. The molecule has 1 aliphatic carbocycles. The number of benzene rings is 1. The van der Waals surface area contributed by atoms with E-state index in [1.54, 1.807) is 19.5 Å². The van der Waals surface area contributed by atoms with E-state index in [0.29, 0.717) is 11.6 Å². The number of methoxy groups -OCH3 is 1. The van der Waals surface area contributed by atoms with Gasteiger partial charge in [-0.3, -0.25) is 4.79 Å². The highest BCUT2D eigenvalue weighted by Crippen LogP contribution is 2.31. The Morgan fingerprint density at radius 1 is 1.11 bits per heavy atom. The standard InChI is InChI=1S/C22H20N4O2/c1-23-21-18-13-24-20(26-22(27)15-8-9-15)11-17(18)16(12-25-21)10-7-14-5-3-4-6-19(14)28-2/h3-6,11-13,15H,8-9H2,1-2H3,(H,23,25)(H,24,26,27). The molecule has 0 unspecified atom stereocenters. The van der Waals surface area contributed by atoms with Crippen molar-refractivity contribution in [2.45, 2.75) is 12.8 Å². The molecule has 1 saturated carbocycles. The van der Waals surface area contributed by atoms with Crippen molar-refractivity contribution in [2.75, 3.05) is 24.8 Å². The van der Waals surface area contributed by atoms with E-state index in [-0.39, 0.29) is 11.8 Å². The Balaban J connectivity index is 1.77. The molecule has 0 spiro atoms. The second-order valence-electron chi connectivity index (χ2n) is 6.60. The molecule has 2 aromatic heterocycles. The summed E-state index contributed by atoms with van der Waals surface area (Å²) >= 11 is 0. The highest BCUT2D eigenvalue weighted by molar-refractivity contribution is 5.99. The number of aromatic nitrogens is 2. The molecule has 2 N–H and O–H groups in total. The minimum atomic E-state index is 0.0244. The van der Waals surface area contributed by atoms with Crippen molar-refractivity contribution in [1.29, 1.82) is 0 Å². The number of amides is 1. The first kappa shape index (κ1) is 17.8. The van der Waals surface area contributed by atoms with E-state index in [4.69, 9.17) is 4.74 Å². The Bertz CT molecular complexity index is 1110. The molecule has 0 radical (unpaired) electrons. The van der Waals surface area contributed by atoms with E-state index in [0.717, 1.165) is 40.5 Å². The number of rotatable bonds is 4. The number of fused-ring (bicyclic) bond motifs is 1. The zero-order chi connectivity index (χ0) is 19.5. The van der Waals surface area contributed by atoms with Crippen LogP contribution in [-0.4, -0.2) is 30.0 Å². The second kappa shape index (κ2) is 7.57. The molecule has 1 aliphatic rings. The normalized spacial score (nSPS) is 12.8. The van der Waals surface area contributed by atoms with Gasteiger partial charge in [0.1, 0.15) is 17.4 Å². The van der Waals surface area contributed by atoms with Crippen LogP contribution in [0.3, 0.4) is 0 Å². The molecule has 4 rings (SSSR count). The van der Waals surface area contributed by atoms with Gasteiger partial charge in [0.25, 0.3) is 0 Å². The number of ether oxygens (including phenoxy) is 1. The average Bonchev–Trinajstić information content (AvgIpc) is 3.57. The van der Waals surface area contributed by atoms with Crippen LogP contribution in [-0.2, 0) is 4.79 Å². The van der Waals surface area contributed by atoms with Crippen LogP contribution in [0, 0.1) is 17.8 Å². The third kappa shape index (κ3) is 3.60. The van der Waals surface area contributed by atoms with Crippen molar-refractivity contribution in [1.82, 2.24) is 9.97 Å². The van der Waals surface area contributed by atoms with Crippen molar-refractivity contribution >= 4 is 28.3 Å². The predicted octanol–water partition coefficient (Wildman–Crippen LogP) is 3.43. The van der Waals surface area contributed by atoms with Crippen molar-refractivity contribution < 1.29 is 9.53 Å². The van der Waals surface area contributed by atoms with Crippen LogP contribution in [0.1, 0.15) is 24.0 Å². The molecule has 0 aliphatic heterocycles. The van der Waals surface area contributed by atoms with Crippen LogP contribution in [0.15, 0.2) is 42.7 Å². The van der Waals surface area contributed by atoms with Gasteiger partial charge in [0.05, 0.1) is 18.2 Å². The summed E-state index contributed by atoms with van der Waals surface area (Å²) < 4.78 is 5.36. The van der Waals surface area contributed by atoms with Crippen molar-refractivity contribution in [2.24, 2.45) is 5.92 Å². The largest absolute Gasteiger partial charge is 0.495 e. The first-order chi connectivity index (χ1) is 13.7.